The topological polar surface area (TPSA) is 84.4 Å². The molecule has 7 heteroatoms. The molecule has 0 atom stereocenters. The number of furan rings is 1. The van der Waals surface area contributed by atoms with Crippen LogP contribution >= 0.6 is 0 Å². The van der Waals surface area contributed by atoms with Gasteiger partial charge >= 0.3 is 5.97 Å². The van der Waals surface area contributed by atoms with Gasteiger partial charge in [-0.25, -0.2) is 9.67 Å². The number of carboxylic acid groups (broad SMARTS) is 1. The van der Waals surface area contributed by atoms with Crippen LogP contribution in [-0.2, 0) is 17.8 Å². The molecule has 1 aliphatic heterocycles. The summed E-state index contributed by atoms with van der Waals surface area (Å²) in [5.74, 6) is 0.792. The van der Waals surface area contributed by atoms with Crippen molar-refractivity contribution in [1.82, 2.24) is 19.7 Å². The van der Waals surface area contributed by atoms with E-state index in [2.05, 4.69) is 15.0 Å². The van der Waals surface area contributed by atoms with E-state index in [1.807, 2.05) is 0 Å². The molecule has 2 aromatic rings. The van der Waals surface area contributed by atoms with Gasteiger partial charge in [-0.2, -0.15) is 0 Å². The second-order valence-electron chi connectivity index (χ2n) is 6.24. The molecule has 0 spiro atoms. The Morgan fingerprint density at radius 1 is 1.21 bits per heavy atom. The second kappa shape index (κ2) is 8.10. The van der Waals surface area contributed by atoms with Gasteiger partial charge < -0.3 is 14.4 Å². The molecule has 0 unspecified atom stereocenters. The number of aliphatic carboxylic acids is 1. The standard InChI is InChI=1S/C17H24N4O3/c22-16(23)13-21-15(18-17(19-21)14-7-6-12-24-14)8-11-20-9-4-2-1-3-5-10-20/h6-7,12H,1-5,8-11,13H2,(H,22,23). The van der Waals surface area contributed by atoms with Gasteiger partial charge in [0.2, 0.25) is 5.82 Å². The van der Waals surface area contributed by atoms with Crippen LogP contribution in [0.5, 0.6) is 0 Å². The van der Waals surface area contributed by atoms with Crippen molar-refractivity contribution in [2.45, 2.75) is 45.1 Å². The van der Waals surface area contributed by atoms with Crippen LogP contribution in [0.2, 0.25) is 0 Å². The lowest BCUT2D eigenvalue weighted by Gasteiger charge is -2.24. The first-order valence-electron chi connectivity index (χ1n) is 8.64. The van der Waals surface area contributed by atoms with Gasteiger partial charge in [0.05, 0.1) is 6.26 Å². The Labute approximate surface area is 141 Å². The fraction of sp³-hybridized carbons (Fsp3) is 0.588. The highest BCUT2D eigenvalue weighted by atomic mass is 16.4. The van der Waals surface area contributed by atoms with Crippen molar-refractivity contribution in [1.29, 1.82) is 0 Å². The lowest BCUT2D eigenvalue weighted by molar-refractivity contribution is -0.137. The van der Waals surface area contributed by atoms with Crippen LogP contribution in [0.3, 0.4) is 0 Å². The number of carbonyl (C=O) groups is 1. The van der Waals surface area contributed by atoms with E-state index >= 15 is 0 Å². The molecule has 7 nitrogen and oxygen atoms in total. The largest absolute Gasteiger partial charge is 0.480 e. The van der Waals surface area contributed by atoms with E-state index in [1.54, 1.807) is 18.4 Å². The summed E-state index contributed by atoms with van der Waals surface area (Å²) >= 11 is 0. The van der Waals surface area contributed by atoms with Gasteiger partial charge in [0.25, 0.3) is 0 Å². The molecule has 24 heavy (non-hydrogen) atoms. The molecule has 3 rings (SSSR count). The molecule has 1 fully saturated rings. The van der Waals surface area contributed by atoms with E-state index in [1.165, 1.54) is 36.8 Å². The van der Waals surface area contributed by atoms with Crippen LogP contribution in [0.4, 0.5) is 0 Å². The molecule has 0 radical (unpaired) electrons. The molecule has 1 aliphatic rings. The zero-order chi connectivity index (χ0) is 16.8. The maximum absolute atomic E-state index is 11.1. The Bertz CT molecular complexity index is 643. The van der Waals surface area contributed by atoms with Crippen molar-refractivity contribution in [3.8, 4) is 11.6 Å². The zero-order valence-corrected chi connectivity index (χ0v) is 13.9. The van der Waals surface area contributed by atoms with E-state index in [9.17, 15) is 4.79 Å². The lowest BCUT2D eigenvalue weighted by atomic mass is 10.1. The Balaban J connectivity index is 1.69. The fourth-order valence-electron chi connectivity index (χ4n) is 3.12. The summed E-state index contributed by atoms with van der Waals surface area (Å²) in [6.45, 7) is 2.93. The Kier molecular flexibility index (Phi) is 5.63. The number of likely N-dealkylation sites (tertiary alicyclic amines) is 1. The summed E-state index contributed by atoms with van der Waals surface area (Å²) in [5, 5.41) is 13.4. The Hall–Kier alpha value is -2.15. The van der Waals surface area contributed by atoms with Crippen LogP contribution in [0.1, 0.15) is 37.9 Å². The number of nitrogens with zero attached hydrogens (tertiary/aromatic N) is 4. The summed E-state index contributed by atoms with van der Waals surface area (Å²) in [6, 6.07) is 3.55. The minimum Gasteiger partial charge on any atom is -0.480 e. The average Bonchev–Trinajstić information content (AvgIpc) is 3.15. The Morgan fingerprint density at radius 3 is 2.62 bits per heavy atom. The lowest BCUT2D eigenvalue weighted by Crippen LogP contribution is -2.30. The van der Waals surface area contributed by atoms with Crippen molar-refractivity contribution >= 4 is 5.97 Å². The van der Waals surface area contributed by atoms with Gasteiger partial charge in [-0.15, -0.1) is 5.10 Å². The quantitative estimate of drug-likeness (QED) is 0.874. The SMILES string of the molecule is O=C(O)Cn1nc(-c2ccco2)nc1CCN1CCCCCCC1. The molecule has 2 aromatic heterocycles. The number of hydrogen-bond acceptors (Lipinski definition) is 5. The Morgan fingerprint density at radius 2 is 1.96 bits per heavy atom. The summed E-state index contributed by atoms with van der Waals surface area (Å²) in [4.78, 5) is 18.0. The molecule has 0 saturated carbocycles. The van der Waals surface area contributed by atoms with Gasteiger partial charge in [-0.3, -0.25) is 4.79 Å². The second-order valence-corrected chi connectivity index (χ2v) is 6.24. The molecule has 0 aromatic carbocycles. The molecular weight excluding hydrogens is 308 g/mol. The van der Waals surface area contributed by atoms with Crippen molar-refractivity contribution in [2.75, 3.05) is 19.6 Å². The summed E-state index contributed by atoms with van der Waals surface area (Å²) < 4.78 is 6.80. The van der Waals surface area contributed by atoms with E-state index in [0.717, 1.165) is 19.6 Å². The summed E-state index contributed by atoms with van der Waals surface area (Å²) in [6.07, 6.45) is 8.67. The summed E-state index contributed by atoms with van der Waals surface area (Å²) in [7, 11) is 0. The third kappa shape index (κ3) is 4.44. The van der Waals surface area contributed by atoms with Gasteiger partial charge in [-0.1, -0.05) is 19.3 Å². The van der Waals surface area contributed by atoms with E-state index in [-0.39, 0.29) is 6.54 Å². The highest BCUT2D eigenvalue weighted by Gasteiger charge is 2.17. The van der Waals surface area contributed by atoms with Crippen molar-refractivity contribution in [2.24, 2.45) is 0 Å². The van der Waals surface area contributed by atoms with Gasteiger partial charge in [-0.05, 0) is 38.1 Å². The van der Waals surface area contributed by atoms with Gasteiger partial charge in [0.15, 0.2) is 5.76 Å². The van der Waals surface area contributed by atoms with Crippen molar-refractivity contribution in [3.63, 3.8) is 0 Å². The predicted octanol–water partition coefficient (Wildman–Crippen LogP) is 2.43. The van der Waals surface area contributed by atoms with E-state index < -0.39 is 5.97 Å². The van der Waals surface area contributed by atoms with Crippen LogP contribution < -0.4 is 0 Å². The molecule has 0 amide bonds. The average molecular weight is 332 g/mol. The maximum Gasteiger partial charge on any atom is 0.325 e. The minimum absolute atomic E-state index is 0.178. The highest BCUT2D eigenvalue weighted by molar-refractivity contribution is 5.66. The number of hydrogen-bond donors (Lipinski definition) is 1. The van der Waals surface area contributed by atoms with Crippen LogP contribution in [0, 0.1) is 0 Å². The predicted molar refractivity (Wildman–Crippen MR) is 88.6 cm³/mol. The first-order valence-corrected chi connectivity index (χ1v) is 8.64. The molecule has 0 bridgehead atoms. The fourth-order valence-corrected chi connectivity index (χ4v) is 3.12. The first kappa shape index (κ1) is 16.7. The third-order valence-corrected chi connectivity index (χ3v) is 4.38. The zero-order valence-electron chi connectivity index (χ0n) is 13.9. The number of aromatic nitrogens is 3. The third-order valence-electron chi connectivity index (χ3n) is 4.38. The molecule has 3 heterocycles. The van der Waals surface area contributed by atoms with Crippen LogP contribution in [0.15, 0.2) is 22.8 Å². The number of rotatable bonds is 6. The van der Waals surface area contributed by atoms with E-state index in [4.69, 9.17) is 9.52 Å². The molecule has 1 N–H and O–H groups in total. The molecule has 130 valence electrons. The van der Waals surface area contributed by atoms with Crippen LogP contribution in [0.25, 0.3) is 11.6 Å². The van der Waals surface area contributed by atoms with Crippen molar-refractivity contribution < 1.29 is 14.3 Å². The molecule has 1 saturated heterocycles. The van der Waals surface area contributed by atoms with Gasteiger partial charge in [0, 0.05) is 13.0 Å². The molecular formula is C17H24N4O3. The van der Waals surface area contributed by atoms with Gasteiger partial charge in [0.1, 0.15) is 12.4 Å². The minimum atomic E-state index is -0.918. The normalized spacial score (nSPS) is 16.7. The maximum atomic E-state index is 11.1. The monoisotopic (exact) mass is 332 g/mol. The molecule has 0 aliphatic carbocycles. The summed E-state index contributed by atoms with van der Waals surface area (Å²) in [5.41, 5.74) is 0. The van der Waals surface area contributed by atoms with E-state index in [0.29, 0.717) is 23.8 Å². The van der Waals surface area contributed by atoms with Crippen molar-refractivity contribution in [3.05, 3.63) is 24.2 Å². The van der Waals surface area contributed by atoms with Crippen LogP contribution in [-0.4, -0.2) is 50.4 Å². The number of carboxylic acids is 1. The smallest absolute Gasteiger partial charge is 0.325 e. The highest BCUT2D eigenvalue weighted by Crippen LogP contribution is 2.17. The first-order chi connectivity index (χ1) is 11.7.